The first-order chi connectivity index (χ1) is 22.5. The van der Waals surface area contributed by atoms with Gasteiger partial charge in [-0.05, 0) is 65.7 Å². The maximum atomic E-state index is 12.1. The van der Waals surface area contributed by atoms with Crippen LogP contribution in [0.5, 0.6) is 0 Å². The molecule has 0 bridgehead atoms. The van der Waals surface area contributed by atoms with Gasteiger partial charge in [-0.15, -0.1) is 23.5 Å². The molecule has 0 spiro atoms. The number of carbonyl (C=O) groups excluding carboxylic acids is 2. The number of esters is 2. The van der Waals surface area contributed by atoms with Crippen molar-refractivity contribution in [1.29, 1.82) is 0 Å². The maximum Gasteiger partial charge on any atom is 0.305 e. The molecule has 10 nitrogen and oxygen atoms in total. The van der Waals surface area contributed by atoms with Gasteiger partial charge in [0.1, 0.15) is 13.2 Å². The monoisotopic (exact) mass is 716 g/mol. The first kappa shape index (κ1) is 41.3. The zero-order valence-electron chi connectivity index (χ0n) is 30.1. The quantitative estimate of drug-likeness (QED) is 0.152. The third kappa shape index (κ3) is 13.2. The molecule has 0 aromatic carbocycles. The molecule has 4 aliphatic rings. The summed E-state index contributed by atoms with van der Waals surface area (Å²) in [6, 6.07) is 0. The van der Waals surface area contributed by atoms with Crippen LogP contribution in [0.1, 0.15) is 93.4 Å². The number of hydrogen-bond donors (Lipinski definition) is 3. The second-order valence-corrected chi connectivity index (χ2v) is 17.7. The van der Waals surface area contributed by atoms with Crippen molar-refractivity contribution >= 4 is 35.5 Å². The van der Waals surface area contributed by atoms with Gasteiger partial charge in [-0.25, -0.2) is 0 Å². The molecule has 0 aromatic heterocycles. The molecule has 0 radical (unpaired) electrons. The number of rotatable bonds is 14. The summed E-state index contributed by atoms with van der Waals surface area (Å²) in [4.78, 5) is 26.0. The van der Waals surface area contributed by atoms with Crippen molar-refractivity contribution < 1.29 is 48.6 Å². The van der Waals surface area contributed by atoms with Crippen LogP contribution >= 0.6 is 23.5 Å². The summed E-state index contributed by atoms with van der Waals surface area (Å²) < 4.78 is 28.1. The molecule has 4 aliphatic heterocycles. The number of unbranched alkanes of at least 4 members (excludes halogenated alkanes) is 2. The molecule has 4 saturated heterocycles. The second-order valence-electron chi connectivity index (χ2n) is 15.5. The van der Waals surface area contributed by atoms with E-state index in [9.17, 15) is 14.7 Å². The molecule has 0 aromatic rings. The molecular weight excluding hydrogens is 657 g/mol. The Kier molecular flexibility index (Phi) is 15.8. The van der Waals surface area contributed by atoms with Crippen LogP contribution in [-0.4, -0.2) is 102 Å². The number of hydrogen-bond acceptors (Lipinski definition) is 12. The first-order valence-electron chi connectivity index (χ1n) is 17.3. The van der Waals surface area contributed by atoms with Gasteiger partial charge >= 0.3 is 11.9 Å². The van der Waals surface area contributed by atoms with Crippen molar-refractivity contribution in [3.63, 3.8) is 0 Å². The second kappa shape index (κ2) is 18.4. The number of carbonyl (C=O) groups is 2. The summed E-state index contributed by atoms with van der Waals surface area (Å²) >= 11 is 3.59. The van der Waals surface area contributed by atoms with Gasteiger partial charge in [0.25, 0.3) is 0 Å². The lowest BCUT2D eigenvalue weighted by atomic mass is 9.93. The van der Waals surface area contributed by atoms with E-state index in [-0.39, 0.29) is 55.0 Å². The standard InChI is InChI=1S/C21H34O5S.C15H26O5S/c1-19(2)10-15-11-27-16(18(15)26-19)8-6-7-9-17(22)23-12-21(5)13-24-20(3,4)25-14-21;1-11-7-21-12(14(11)19)5-3-4-6-13(18)20-10-15(2,8-16)9-17/h8,15,18H,6-7,9-14H2,1-5H3;5,11,14,16-17,19H,3-4,6-10H2,1-2H3/b16-8+;12-5+/t15-,18-;11-,14-/m00/s1. The highest BCUT2D eigenvalue weighted by atomic mass is 32.2. The number of ether oxygens (including phenoxy) is 5. The van der Waals surface area contributed by atoms with Crippen molar-refractivity contribution in [3.8, 4) is 0 Å². The largest absolute Gasteiger partial charge is 0.465 e. The number of thioether (sulfide) groups is 2. The van der Waals surface area contributed by atoms with Crippen LogP contribution in [-0.2, 0) is 33.3 Å². The summed E-state index contributed by atoms with van der Waals surface area (Å²) in [5.74, 6) is 2.01. The molecule has 4 heterocycles. The van der Waals surface area contributed by atoms with Crippen LogP contribution in [0.4, 0.5) is 0 Å². The molecule has 4 atom stereocenters. The fraction of sp³-hybridized carbons (Fsp3) is 0.833. The molecular formula is C36H60O10S2. The Hall–Kier alpha value is -1.12. The normalized spacial score (nSPS) is 29.0. The SMILES string of the molecule is CC1(COC(=O)CCC/C=C2/SC[C@@H]3CC(C)(C)O[C@H]23)COC(C)(C)OC1.C[C@H]1CS/C(=C/CCCC(=O)OCC(C)(CO)CO)[C@H]1O. The van der Waals surface area contributed by atoms with Gasteiger partial charge in [-0.3, -0.25) is 9.59 Å². The van der Waals surface area contributed by atoms with Crippen molar-refractivity contribution in [2.24, 2.45) is 22.7 Å². The summed E-state index contributed by atoms with van der Waals surface area (Å²) in [6.07, 6.45) is 9.14. The molecule has 12 heteroatoms. The fourth-order valence-corrected chi connectivity index (χ4v) is 8.24. The van der Waals surface area contributed by atoms with Gasteiger partial charge in [0.15, 0.2) is 5.79 Å². The lowest BCUT2D eigenvalue weighted by molar-refractivity contribution is -0.287. The molecule has 0 unspecified atom stereocenters. The highest BCUT2D eigenvalue weighted by molar-refractivity contribution is 8.03. The van der Waals surface area contributed by atoms with Gasteiger partial charge in [0, 0.05) is 50.9 Å². The number of allylic oxidation sites excluding steroid dienone is 2. The summed E-state index contributed by atoms with van der Waals surface area (Å²) in [7, 11) is 0. The Labute approximate surface area is 296 Å². The molecule has 48 heavy (non-hydrogen) atoms. The molecule has 3 N–H and O–H groups in total. The van der Waals surface area contributed by atoms with E-state index < -0.39 is 11.2 Å². The van der Waals surface area contributed by atoms with Crippen LogP contribution in [0.15, 0.2) is 22.0 Å². The van der Waals surface area contributed by atoms with Gasteiger partial charge < -0.3 is 39.0 Å². The lowest BCUT2D eigenvalue weighted by Crippen LogP contribution is -2.47. The average molecular weight is 717 g/mol. The minimum absolute atomic E-state index is 0.00290. The van der Waals surface area contributed by atoms with E-state index in [2.05, 4.69) is 19.9 Å². The summed E-state index contributed by atoms with van der Waals surface area (Å²) in [5, 5.41) is 28.1. The predicted octanol–water partition coefficient (Wildman–Crippen LogP) is 5.62. The maximum absolute atomic E-state index is 12.1. The van der Waals surface area contributed by atoms with Crippen molar-refractivity contribution in [2.45, 2.75) is 117 Å². The van der Waals surface area contributed by atoms with E-state index in [0.29, 0.717) is 50.9 Å². The zero-order chi connectivity index (χ0) is 35.6. The van der Waals surface area contributed by atoms with Crippen molar-refractivity contribution in [1.82, 2.24) is 0 Å². The lowest BCUT2D eigenvalue weighted by Gasteiger charge is -2.40. The Morgan fingerprint density at radius 2 is 1.48 bits per heavy atom. The third-order valence-corrected chi connectivity index (χ3v) is 11.8. The van der Waals surface area contributed by atoms with Crippen molar-refractivity contribution in [3.05, 3.63) is 22.0 Å². The highest BCUT2D eigenvalue weighted by Crippen LogP contribution is 2.48. The van der Waals surface area contributed by atoms with Gasteiger partial charge in [-0.2, -0.15) is 0 Å². The zero-order valence-corrected chi connectivity index (χ0v) is 31.7. The third-order valence-electron chi connectivity index (χ3n) is 9.04. The van der Waals surface area contributed by atoms with E-state index in [1.807, 2.05) is 45.5 Å². The summed E-state index contributed by atoms with van der Waals surface area (Å²) in [5.41, 5.74) is -1.05. The first-order valence-corrected chi connectivity index (χ1v) is 19.3. The number of fused-ring (bicyclic) bond motifs is 1. The highest BCUT2D eigenvalue weighted by Gasteiger charge is 2.45. The Morgan fingerprint density at radius 3 is 2.04 bits per heavy atom. The molecule has 0 aliphatic carbocycles. The predicted molar refractivity (Wildman–Crippen MR) is 189 cm³/mol. The minimum atomic E-state index is -0.779. The van der Waals surface area contributed by atoms with Crippen LogP contribution in [0.2, 0.25) is 0 Å². The van der Waals surface area contributed by atoms with E-state index in [0.717, 1.165) is 42.1 Å². The molecule has 0 saturated carbocycles. The molecule has 4 rings (SSSR count). The molecule has 0 amide bonds. The molecule has 4 fully saturated rings. The average Bonchev–Trinajstić information content (AvgIpc) is 3.68. The Bertz CT molecular complexity index is 1110. The van der Waals surface area contributed by atoms with Crippen molar-refractivity contribution in [2.75, 3.05) is 51.1 Å². The van der Waals surface area contributed by atoms with E-state index >= 15 is 0 Å². The Morgan fingerprint density at radius 1 is 0.917 bits per heavy atom. The summed E-state index contributed by atoms with van der Waals surface area (Å²) in [6.45, 7) is 14.8. The van der Waals surface area contributed by atoms with Crippen LogP contribution in [0.3, 0.4) is 0 Å². The smallest absolute Gasteiger partial charge is 0.305 e. The molecule has 276 valence electrons. The minimum Gasteiger partial charge on any atom is -0.465 e. The fourth-order valence-electron chi connectivity index (χ4n) is 5.63. The van der Waals surface area contributed by atoms with E-state index in [1.54, 1.807) is 18.7 Å². The van der Waals surface area contributed by atoms with Gasteiger partial charge in [0.2, 0.25) is 0 Å². The van der Waals surface area contributed by atoms with Gasteiger partial charge in [0.05, 0.1) is 44.2 Å². The van der Waals surface area contributed by atoms with Crippen LogP contribution in [0.25, 0.3) is 0 Å². The van der Waals surface area contributed by atoms with Crippen LogP contribution in [0, 0.1) is 22.7 Å². The Balaban J connectivity index is 0.000000270. The van der Waals surface area contributed by atoms with E-state index in [1.165, 1.54) is 4.91 Å². The van der Waals surface area contributed by atoms with E-state index in [4.69, 9.17) is 33.9 Å². The number of aliphatic hydroxyl groups excluding tert-OH is 3. The number of aliphatic hydroxyl groups is 3. The topological polar surface area (TPSA) is 141 Å². The van der Waals surface area contributed by atoms with Crippen LogP contribution < -0.4 is 0 Å². The van der Waals surface area contributed by atoms with Gasteiger partial charge in [-0.1, -0.05) is 32.9 Å².